The molecule has 3 N–H and O–H groups in total. The van der Waals surface area contributed by atoms with Crippen LogP contribution in [0.1, 0.15) is 17.3 Å². The number of hydrogen-bond donors (Lipinski definition) is 2. The van der Waals surface area contributed by atoms with Crippen molar-refractivity contribution in [1.82, 2.24) is 4.98 Å². The molecular formula is C10H15N3O2. The smallest absolute Gasteiger partial charge is 0.250 e. The Kier molecular flexibility index (Phi) is 3.62. The number of primary amides is 1. The molecule has 1 aromatic heterocycles. The van der Waals surface area contributed by atoms with Crippen LogP contribution in [0.5, 0.6) is 0 Å². The van der Waals surface area contributed by atoms with Crippen molar-refractivity contribution >= 4 is 11.7 Å². The molecule has 0 aliphatic rings. The highest BCUT2D eigenvalue weighted by molar-refractivity contribution is 5.92. The van der Waals surface area contributed by atoms with Gasteiger partial charge in [0, 0.05) is 19.8 Å². The number of carbonyl (C=O) groups is 1. The molecule has 0 aromatic carbocycles. The molecule has 0 radical (unpaired) electrons. The van der Waals surface area contributed by atoms with E-state index < -0.39 is 12.0 Å². The molecule has 0 bridgehead atoms. The van der Waals surface area contributed by atoms with Gasteiger partial charge in [0.05, 0.1) is 11.7 Å². The predicted molar refractivity (Wildman–Crippen MR) is 57.7 cm³/mol. The van der Waals surface area contributed by atoms with Gasteiger partial charge in [0.2, 0.25) is 5.91 Å². The molecule has 82 valence electrons. The van der Waals surface area contributed by atoms with Gasteiger partial charge in [0.1, 0.15) is 5.82 Å². The molecule has 0 aliphatic heterocycles. The van der Waals surface area contributed by atoms with E-state index in [9.17, 15) is 9.90 Å². The van der Waals surface area contributed by atoms with Crippen LogP contribution < -0.4 is 10.6 Å². The lowest BCUT2D eigenvalue weighted by molar-refractivity contribution is 0.1000. The topological polar surface area (TPSA) is 79.5 Å². The van der Waals surface area contributed by atoms with Gasteiger partial charge in [-0.15, -0.1) is 0 Å². The molecule has 0 aliphatic carbocycles. The fourth-order valence-electron chi connectivity index (χ4n) is 1.25. The third-order valence-corrected chi connectivity index (χ3v) is 1.96. The highest BCUT2D eigenvalue weighted by atomic mass is 16.3. The molecule has 1 amide bonds. The molecule has 0 saturated carbocycles. The second kappa shape index (κ2) is 4.75. The Morgan fingerprint density at radius 2 is 2.33 bits per heavy atom. The summed E-state index contributed by atoms with van der Waals surface area (Å²) >= 11 is 0. The number of aliphatic hydroxyl groups excluding tert-OH is 1. The molecule has 0 fully saturated rings. The monoisotopic (exact) mass is 209 g/mol. The lowest BCUT2D eigenvalue weighted by atomic mass is 10.2. The molecular weight excluding hydrogens is 194 g/mol. The second-order valence-corrected chi connectivity index (χ2v) is 3.50. The first-order valence-corrected chi connectivity index (χ1v) is 4.65. The standard InChI is InChI=1S/C10H15N3O2/c1-7(14)6-13(2)9-4-3-8(5-12-9)10(11)15/h3-5,7,14H,6H2,1-2H3,(H2,11,15). The van der Waals surface area contributed by atoms with Crippen LogP contribution in [0.4, 0.5) is 5.82 Å². The van der Waals surface area contributed by atoms with Crippen LogP contribution in [0.25, 0.3) is 0 Å². The maximum Gasteiger partial charge on any atom is 0.250 e. The molecule has 1 unspecified atom stereocenters. The van der Waals surface area contributed by atoms with Gasteiger partial charge < -0.3 is 15.7 Å². The van der Waals surface area contributed by atoms with Crippen molar-refractivity contribution in [1.29, 1.82) is 0 Å². The summed E-state index contributed by atoms with van der Waals surface area (Å²) in [6.45, 7) is 2.19. The van der Waals surface area contributed by atoms with E-state index >= 15 is 0 Å². The van der Waals surface area contributed by atoms with E-state index in [-0.39, 0.29) is 0 Å². The first kappa shape index (κ1) is 11.5. The molecule has 1 aromatic rings. The number of pyridine rings is 1. The van der Waals surface area contributed by atoms with Crippen LogP contribution in [-0.2, 0) is 0 Å². The average Bonchev–Trinajstić information content (AvgIpc) is 2.17. The van der Waals surface area contributed by atoms with Crippen molar-refractivity contribution < 1.29 is 9.90 Å². The predicted octanol–water partition coefficient (Wildman–Crippen LogP) is -0.00250. The maximum atomic E-state index is 10.8. The fourth-order valence-corrected chi connectivity index (χ4v) is 1.25. The van der Waals surface area contributed by atoms with Gasteiger partial charge in [-0.25, -0.2) is 4.98 Å². The summed E-state index contributed by atoms with van der Waals surface area (Å²) < 4.78 is 0. The maximum absolute atomic E-state index is 10.8. The Balaban J connectivity index is 2.75. The Morgan fingerprint density at radius 3 is 2.73 bits per heavy atom. The van der Waals surface area contributed by atoms with Crippen molar-refractivity contribution in [3.63, 3.8) is 0 Å². The minimum Gasteiger partial charge on any atom is -0.392 e. The van der Waals surface area contributed by atoms with E-state index in [1.165, 1.54) is 6.20 Å². The van der Waals surface area contributed by atoms with Crippen LogP contribution in [-0.4, -0.2) is 35.7 Å². The van der Waals surface area contributed by atoms with E-state index in [4.69, 9.17) is 5.73 Å². The summed E-state index contributed by atoms with van der Waals surface area (Å²) in [5.74, 6) is 0.202. The third kappa shape index (κ3) is 3.21. The third-order valence-electron chi connectivity index (χ3n) is 1.96. The minimum absolute atomic E-state index is 0.379. The summed E-state index contributed by atoms with van der Waals surface area (Å²) in [5, 5.41) is 9.18. The van der Waals surface area contributed by atoms with Crippen molar-refractivity contribution in [2.24, 2.45) is 5.73 Å². The van der Waals surface area contributed by atoms with Gasteiger partial charge in [0.25, 0.3) is 0 Å². The number of nitrogens with zero attached hydrogens (tertiary/aromatic N) is 2. The van der Waals surface area contributed by atoms with E-state index in [0.717, 1.165) is 0 Å². The van der Waals surface area contributed by atoms with Crippen molar-refractivity contribution in [2.75, 3.05) is 18.5 Å². The van der Waals surface area contributed by atoms with Crippen LogP contribution in [0, 0.1) is 0 Å². The molecule has 0 spiro atoms. The van der Waals surface area contributed by atoms with E-state index in [1.807, 2.05) is 7.05 Å². The van der Waals surface area contributed by atoms with Gasteiger partial charge in [-0.1, -0.05) is 0 Å². The molecule has 1 rings (SSSR count). The van der Waals surface area contributed by atoms with Crippen LogP contribution in [0.15, 0.2) is 18.3 Å². The fraction of sp³-hybridized carbons (Fsp3) is 0.400. The summed E-state index contributed by atoms with van der Waals surface area (Å²) in [5.41, 5.74) is 5.47. The summed E-state index contributed by atoms with van der Waals surface area (Å²) in [6, 6.07) is 3.31. The summed E-state index contributed by atoms with van der Waals surface area (Å²) in [7, 11) is 1.82. The zero-order chi connectivity index (χ0) is 11.4. The van der Waals surface area contributed by atoms with Crippen LogP contribution in [0.3, 0.4) is 0 Å². The van der Waals surface area contributed by atoms with Crippen molar-refractivity contribution in [3.05, 3.63) is 23.9 Å². The number of aromatic nitrogens is 1. The normalized spacial score (nSPS) is 12.2. The van der Waals surface area contributed by atoms with E-state index in [1.54, 1.807) is 24.0 Å². The van der Waals surface area contributed by atoms with Crippen molar-refractivity contribution in [2.45, 2.75) is 13.0 Å². The zero-order valence-corrected chi connectivity index (χ0v) is 8.84. The number of rotatable bonds is 4. The summed E-state index contributed by atoms with van der Waals surface area (Å²) in [6.07, 6.45) is 1.00. The van der Waals surface area contributed by atoms with Gasteiger partial charge >= 0.3 is 0 Å². The Morgan fingerprint density at radius 1 is 1.67 bits per heavy atom. The number of nitrogens with two attached hydrogens (primary N) is 1. The van der Waals surface area contributed by atoms with Gasteiger partial charge in [-0.05, 0) is 19.1 Å². The SMILES string of the molecule is CC(O)CN(C)c1ccc(C(N)=O)cn1. The lowest BCUT2D eigenvalue weighted by Gasteiger charge is -2.19. The molecule has 5 heteroatoms. The zero-order valence-electron chi connectivity index (χ0n) is 8.84. The molecule has 1 atom stereocenters. The molecule has 1 heterocycles. The Hall–Kier alpha value is -1.62. The minimum atomic E-state index is -0.493. The number of aliphatic hydroxyl groups is 1. The number of carbonyl (C=O) groups excluding carboxylic acids is 1. The average molecular weight is 209 g/mol. The number of hydrogen-bond acceptors (Lipinski definition) is 4. The number of likely N-dealkylation sites (N-methyl/N-ethyl adjacent to an activating group) is 1. The first-order valence-electron chi connectivity index (χ1n) is 4.65. The van der Waals surface area contributed by atoms with Crippen molar-refractivity contribution in [3.8, 4) is 0 Å². The first-order chi connectivity index (χ1) is 7.00. The lowest BCUT2D eigenvalue weighted by Crippen LogP contribution is -2.27. The molecule has 5 nitrogen and oxygen atoms in total. The summed E-state index contributed by atoms with van der Waals surface area (Å²) in [4.78, 5) is 16.7. The Labute approximate surface area is 88.5 Å². The number of amides is 1. The molecule has 15 heavy (non-hydrogen) atoms. The number of anilines is 1. The van der Waals surface area contributed by atoms with E-state index in [0.29, 0.717) is 17.9 Å². The molecule has 0 saturated heterocycles. The highest BCUT2D eigenvalue weighted by Crippen LogP contribution is 2.09. The Bertz CT molecular complexity index is 335. The van der Waals surface area contributed by atoms with Gasteiger partial charge in [-0.3, -0.25) is 4.79 Å². The van der Waals surface area contributed by atoms with Gasteiger partial charge in [0.15, 0.2) is 0 Å². The van der Waals surface area contributed by atoms with Crippen LogP contribution in [0.2, 0.25) is 0 Å². The van der Waals surface area contributed by atoms with Gasteiger partial charge in [-0.2, -0.15) is 0 Å². The largest absolute Gasteiger partial charge is 0.392 e. The second-order valence-electron chi connectivity index (χ2n) is 3.50. The quantitative estimate of drug-likeness (QED) is 0.731. The highest BCUT2D eigenvalue weighted by Gasteiger charge is 2.06. The van der Waals surface area contributed by atoms with E-state index in [2.05, 4.69) is 4.98 Å². The van der Waals surface area contributed by atoms with Crippen LogP contribution >= 0.6 is 0 Å².